The summed E-state index contributed by atoms with van der Waals surface area (Å²) >= 11 is 6.09. The molecule has 1 aromatic carbocycles. The Kier molecular flexibility index (Phi) is 6.04. The van der Waals surface area contributed by atoms with Gasteiger partial charge < -0.3 is 10.0 Å². The highest BCUT2D eigenvalue weighted by atomic mass is 35.5. The van der Waals surface area contributed by atoms with Crippen molar-refractivity contribution in [3.63, 3.8) is 0 Å². The van der Waals surface area contributed by atoms with Gasteiger partial charge in [0.05, 0.1) is 0 Å². The molecule has 1 N–H and O–H groups in total. The number of hydrogen-bond donors (Lipinski definition) is 1. The Labute approximate surface area is 137 Å². The molecule has 0 atom stereocenters. The number of amides is 1. The third-order valence-corrected chi connectivity index (χ3v) is 4.99. The first-order valence-corrected chi connectivity index (χ1v) is 8.21. The van der Waals surface area contributed by atoms with Crippen LogP contribution < -0.4 is 0 Å². The van der Waals surface area contributed by atoms with Gasteiger partial charge in [-0.25, -0.2) is 0 Å². The van der Waals surface area contributed by atoms with Crippen molar-refractivity contribution in [3.05, 3.63) is 40.4 Å². The van der Waals surface area contributed by atoms with Gasteiger partial charge in [-0.05, 0) is 61.8 Å². The van der Waals surface area contributed by atoms with Crippen molar-refractivity contribution < 1.29 is 9.90 Å². The molecule has 120 valence electrons. The highest BCUT2D eigenvalue weighted by Gasteiger charge is 2.25. The topological polar surface area (TPSA) is 40.5 Å². The lowest BCUT2D eigenvalue weighted by atomic mass is 9.86. The van der Waals surface area contributed by atoms with Crippen molar-refractivity contribution in [1.82, 2.24) is 4.90 Å². The number of aliphatic hydroxyl groups excluding tert-OH is 1. The van der Waals surface area contributed by atoms with E-state index in [-0.39, 0.29) is 18.6 Å². The minimum absolute atomic E-state index is 0.0177. The number of aliphatic hydroxyl groups is 1. The van der Waals surface area contributed by atoms with E-state index in [4.69, 9.17) is 11.6 Å². The second-order valence-electron chi connectivity index (χ2n) is 6.15. The molecule has 2 rings (SSSR count). The average molecular weight is 322 g/mol. The maximum atomic E-state index is 12.3. The molecule has 0 aliphatic heterocycles. The summed E-state index contributed by atoms with van der Waals surface area (Å²) < 4.78 is 0. The molecule has 0 spiro atoms. The van der Waals surface area contributed by atoms with Crippen LogP contribution in [-0.2, 0) is 4.79 Å². The van der Waals surface area contributed by atoms with E-state index in [9.17, 15) is 9.90 Å². The number of rotatable bonds is 4. The maximum Gasteiger partial charge on any atom is 0.246 e. The average Bonchev–Trinajstić information content (AvgIpc) is 2.55. The molecular weight excluding hydrogens is 298 g/mol. The van der Waals surface area contributed by atoms with Gasteiger partial charge in [-0.1, -0.05) is 23.7 Å². The highest BCUT2D eigenvalue weighted by Crippen LogP contribution is 2.26. The summed E-state index contributed by atoms with van der Waals surface area (Å²) in [4.78, 5) is 14.1. The summed E-state index contributed by atoms with van der Waals surface area (Å²) in [6.07, 6.45) is 7.35. The third kappa shape index (κ3) is 4.34. The van der Waals surface area contributed by atoms with E-state index >= 15 is 0 Å². The second kappa shape index (κ2) is 7.80. The number of hydrogen-bond acceptors (Lipinski definition) is 2. The van der Waals surface area contributed by atoms with Gasteiger partial charge in [-0.15, -0.1) is 0 Å². The number of carbonyl (C=O) groups is 1. The minimum atomic E-state index is 0.0177. The molecule has 1 amide bonds. The van der Waals surface area contributed by atoms with Gasteiger partial charge in [0.1, 0.15) is 0 Å². The van der Waals surface area contributed by atoms with Crippen molar-refractivity contribution in [2.75, 3.05) is 13.7 Å². The minimum Gasteiger partial charge on any atom is -0.396 e. The lowest BCUT2D eigenvalue weighted by Crippen LogP contribution is -2.39. The Morgan fingerprint density at radius 3 is 2.64 bits per heavy atom. The van der Waals surface area contributed by atoms with E-state index in [1.165, 1.54) is 0 Å². The lowest BCUT2D eigenvalue weighted by Gasteiger charge is -2.33. The van der Waals surface area contributed by atoms with E-state index in [0.717, 1.165) is 36.8 Å². The second-order valence-corrected chi connectivity index (χ2v) is 6.56. The van der Waals surface area contributed by atoms with Gasteiger partial charge in [0, 0.05) is 30.8 Å². The summed E-state index contributed by atoms with van der Waals surface area (Å²) in [5, 5.41) is 9.89. The summed E-state index contributed by atoms with van der Waals surface area (Å²) in [6.45, 7) is 2.22. The van der Waals surface area contributed by atoms with E-state index in [2.05, 4.69) is 0 Å². The van der Waals surface area contributed by atoms with Gasteiger partial charge in [-0.2, -0.15) is 0 Å². The van der Waals surface area contributed by atoms with Gasteiger partial charge >= 0.3 is 0 Å². The molecule has 0 radical (unpaired) electrons. The van der Waals surface area contributed by atoms with Crippen molar-refractivity contribution in [3.8, 4) is 0 Å². The molecule has 0 bridgehead atoms. The number of halogens is 1. The monoisotopic (exact) mass is 321 g/mol. The molecule has 22 heavy (non-hydrogen) atoms. The molecule has 0 aromatic heterocycles. The first kappa shape index (κ1) is 17.0. The van der Waals surface area contributed by atoms with Crippen LogP contribution in [-0.4, -0.2) is 35.6 Å². The van der Waals surface area contributed by atoms with E-state index < -0.39 is 0 Å². The van der Waals surface area contributed by atoms with Crippen LogP contribution in [0.25, 0.3) is 6.08 Å². The fraction of sp³-hybridized carbons (Fsp3) is 0.500. The smallest absolute Gasteiger partial charge is 0.246 e. The molecule has 0 saturated heterocycles. The first-order valence-electron chi connectivity index (χ1n) is 7.83. The molecular formula is C18H24ClNO2. The van der Waals surface area contributed by atoms with Gasteiger partial charge in [-0.3, -0.25) is 4.79 Å². The zero-order chi connectivity index (χ0) is 16.1. The lowest BCUT2D eigenvalue weighted by molar-refractivity contribution is -0.127. The Bertz CT molecular complexity index is 548. The summed E-state index contributed by atoms with van der Waals surface area (Å²) in [5.41, 5.74) is 1.96. The Hall–Kier alpha value is -1.32. The third-order valence-electron chi connectivity index (χ3n) is 4.58. The molecule has 1 aliphatic rings. The van der Waals surface area contributed by atoms with E-state index in [1.54, 1.807) is 6.08 Å². The first-order chi connectivity index (χ1) is 10.5. The van der Waals surface area contributed by atoms with Crippen LogP contribution in [0.15, 0.2) is 24.3 Å². The molecule has 3 nitrogen and oxygen atoms in total. The molecule has 0 unspecified atom stereocenters. The predicted molar refractivity (Wildman–Crippen MR) is 90.8 cm³/mol. The molecule has 0 heterocycles. The van der Waals surface area contributed by atoms with Crippen molar-refractivity contribution >= 4 is 23.6 Å². The quantitative estimate of drug-likeness (QED) is 0.860. The molecule has 4 heteroatoms. The van der Waals surface area contributed by atoms with Crippen LogP contribution in [0.1, 0.15) is 36.8 Å². The van der Waals surface area contributed by atoms with Crippen LogP contribution in [0, 0.1) is 12.8 Å². The zero-order valence-electron chi connectivity index (χ0n) is 13.3. The fourth-order valence-corrected chi connectivity index (χ4v) is 3.08. The van der Waals surface area contributed by atoms with Gasteiger partial charge in [0.2, 0.25) is 5.91 Å². The molecule has 1 fully saturated rings. The van der Waals surface area contributed by atoms with E-state index in [1.807, 2.05) is 43.1 Å². The van der Waals surface area contributed by atoms with E-state index in [0.29, 0.717) is 10.9 Å². The SMILES string of the molecule is Cc1ccc(/C=C/C(=O)N(C)C2CCC(CO)CC2)cc1Cl. The number of aryl methyl sites for hydroxylation is 1. The Balaban J connectivity index is 1.93. The molecule has 1 aromatic rings. The van der Waals surface area contributed by atoms with Crippen molar-refractivity contribution in [2.45, 2.75) is 38.6 Å². The van der Waals surface area contributed by atoms with Gasteiger partial charge in [0.25, 0.3) is 0 Å². The summed E-state index contributed by atoms with van der Waals surface area (Å²) in [5.74, 6) is 0.425. The highest BCUT2D eigenvalue weighted by molar-refractivity contribution is 6.31. The Morgan fingerprint density at radius 1 is 1.36 bits per heavy atom. The maximum absolute atomic E-state index is 12.3. The van der Waals surface area contributed by atoms with Crippen molar-refractivity contribution in [2.24, 2.45) is 5.92 Å². The number of likely N-dealkylation sites (N-methyl/N-ethyl adjacent to an activating group) is 1. The normalized spacial score (nSPS) is 22.0. The standard InChI is InChI=1S/C18H24ClNO2/c1-13-3-4-14(11-17(13)19)7-10-18(22)20(2)16-8-5-15(12-21)6-9-16/h3-4,7,10-11,15-16,21H,5-6,8-9,12H2,1-2H3/b10-7+. The molecule has 1 aliphatic carbocycles. The molecule has 1 saturated carbocycles. The number of carbonyl (C=O) groups excluding carboxylic acids is 1. The number of benzene rings is 1. The van der Waals surface area contributed by atoms with Crippen LogP contribution in [0.5, 0.6) is 0 Å². The van der Waals surface area contributed by atoms with Crippen LogP contribution in [0.2, 0.25) is 5.02 Å². The van der Waals surface area contributed by atoms with Gasteiger partial charge in [0.15, 0.2) is 0 Å². The predicted octanol–water partition coefficient (Wildman–Crippen LogP) is 3.67. The van der Waals surface area contributed by atoms with Crippen molar-refractivity contribution in [1.29, 1.82) is 0 Å². The van der Waals surface area contributed by atoms with Crippen LogP contribution >= 0.6 is 11.6 Å². The number of nitrogens with zero attached hydrogens (tertiary/aromatic N) is 1. The van der Waals surface area contributed by atoms with Crippen LogP contribution in [0.4, 0.5) is 0 Å². The summed E-state index contributed by atoms with van der Waals surface area (Å²) in [7, 11) is 1.86. The largest absolute Gasteiger partial charge is 0.396 e. The summed E-state index contributed by atoms with van der Waals surface area (Å²) in [6, 6.07) is 6.05. The fourth-order valence-electron chi connectivity index (χ4n) is 2.89. The zero-order valence-corrected chi connectivity index (χ0v) is 14.0. The van der Waals surface area contributed by atoms with Crippen LogP contribution in [0.3, 0.4) is 0 Å². The Morgan fingerprint density at radius 2 is 2.05 bits per heavy atom.